The average molecular weight is 368 g/mol. The summed E-state index contributed by atoms with van der Waals surface area (Å²) in [4.78, 5) is 12.0. The van der Waals surface area contributed by atoms with Crippen LogP contribution in [0, 0.1) is 6.92 Å². The Morgan fingerprint density at radius 1 is 1.16 bits per heavy atom. The molecule has 0 aliphatic carbocycles. The number of alkyl halides is 3. The van der Waals surface area contributed by atoms with Crippen molar-refractivity contribution in [3.05, 3.63) is 65.2 Å². The zero-order valence-corrected chi connectivity index (χ0v) is 14.0. The maximum Gasteiger partial charge on any atom is 0.573 e. The van der Waals surface area contributed by atoms with Crippen LogP contribution in [0.4, 0.5) is 13.2 Å². The molecular formula is C17H15F3N2O2S. The van der Waals surface area contributed by atoms with Crippen LogP contribution in [0.3, 0.4) is 0 Å². The van der Waals surface area contributed by atoms with Crippen LogP contribution < -0.4 is 15.4 Å². The van der Waals surface area contributed by atoms with Gasteiger partial charge in [-0.3, -0.25) is 10.1 Å². The number of rotatable bonds is 4. The maximum absolute atomic E-state index is 12.2. The summed E-state index contributed by atoms with van der Waals surface area (Å²) >= 11 is 5.02. The molecule has 0 bridgehead atoms. The second-order valence-electron chi connectivity index (χ2n) is 5.20. The van der Waals surface area contributed by atoms with Gasteiger partial charge in [0.25, 0.3) is 5.91 Å². The third-order valence-corrected chi connectivity index (χ3v) is 3.37. The molecule has 2 aromatic rings. The van der Waals surface area contributed by atoms with Crippen molar-refractivity contribution in [2.75, 3.05) is 0 Å². The van der Waals surface area contributed by atoms with Crippen LogP contribution >= 0.6 is 12.2 Å². The van der Waals surface area contributed by atoms with Crippen molar-refractivity contribution >= 4 is 23.2 Å². The molecule has 25 heavy (non-hydrogen) atoms. The van der Waals surface area contributed by atoms with Crippen LogP contribution in [-0.2, 0) is 6.54 Å². The second-order valence-corrected chi connectivity index (χ2v) is 5.61. The topological polar surface area (TPSA) is 50.4 Å². The summed E-state index contributed by atoms with van der Waals surface area (Å²) in [6.45, 7) is 2.05. The minimum absolute atomic E-state index is 0.0766. The fourth-order valence-corrected chi connectivity index (χ4v) is 2.12. The van der Waals surface area contributed by atoms with E-state index < -0.39 is 6.36 Å². The van der Waals surface area contributed by atoms with E-state index in [0.29, 0.717) is 11.1 Å². The highest BCUT2D eigenvalue weighted by Gasteiger charge is 2.31. The van der Waals surface area contributed by atoms with E-state index in [9.17, 15) is 18.0 Å². The summed E-state index contributed by atoms with van der Waals surface area (Å²) in [5.41, 5.74) is 2.00. The van der Waals surface area contributed by atoms with Crippen molar-refractivity contribution in [3.63, 3.8) is 0 Å². The molecule has 8 heteroatoms. The summed E-state index contributed by atoms with van der Waals surface area (Å²) in [5, 5.41) is 5.35. The number of nitrogens with one attached hydrogen (secondary N) is 2. The molecule has 0 radical (unpaired) electrons. The molecule has 0 spiro atoms. The molecule has 0 aromatic heterocycles. The van der Waals surface area contributed by atoms with Gasteiger partial charge in [-0.2, -0.15) is 0 Å². The number of ether oxygens (including phenoxy) is 1. The number of amides is 1. The molecule has 1 amide bonds. The van der Waals surface area contributed by atoms with E-state index in [1.54, 1.807) is 30.3 Å². The minimum Gasteiger partial charge on any atom is -0.406 e. The molecule has 2 rings (SSSR count). The van der Waals surface area contributed by atoms with Crippen molar-refractivity contribution in [2.45, 2.75) is 19.8 Å². The smallest absolute Gasteiger partial charge is 0.406 e. The molecule has 0 fully saturated rings. The van der Waals surface area contributed by atoms with Crippen molar-refractivity contribution in [2.24, 2.45) is 0 Å². The Labute approximate surface area is 148 Å². The first-order valence-corrected chi connectivity index (χ1v) is 7.64. The number of thiocarbonyl (C=S) groups is 1. The van der Waals surface area contributed by atoms with E-state index in [1.807, 2.05) is 6.92 Å². The Kier molecular flexibility index (Phi) is 5.97. The fourth-order valence-electron chi connectivity index (χ4n) is 1.96. The molecule has 4 nitrogen and oxygen atoms in total. The Hall–Kier alpha value is -2.61. The van der Waals surface area contributed by atoms with E-state index in [1.165, 1.54) is 18.2 Å². The van der Waals surface area contributed by atoms with Gasteiger partial charge < -0.3 is 10.1 Å². The van der Waals surface area contributed by atoms with E-state index >= 15 is 0 Å². The lowest BCUT2D eigenvalue weighted by Crippen LogP contribution is -2.38. The predicted molar refractivity (Wildman–Crippen MR) is 91.2 cm³/mol. The first-order chi connectivity index (χ1) is 11.7. The normalized spacial score (nSPS) is 10.9. The number of halogens is 3. The van der Waals surface area contributed by atoms with Gasteiger partial charge in [-0.25, -0.2) is 0 Å². The monoisotopic (exact) mass is 368 g/mol. The first kappa shape index (κ1) is 18.7. The molecule has 0 unspecified atom stereocenters. The van der Waals surface area contributed by atoms with Gasteiger partial charge >= 0.3 is 6.36 Å². The molecule has 0 heterocycles. The van der Waals surface area contributed by atoms with Crippen molar-refractivity contribution in [1.29, 1.82) is 0 Å². The first-order valence-electron chi connectivity index (χ1n) is 7.23. The van der Waals surface area contributed by atoms with Gasteiger partial charge in [-0.05, 0) is 49.0 Å². The number of benzene rings is 2. The van der Waals surface area contributed by atoms with E-state index in [-0.39, 0.29) is 23.3 Å². The highest BCUT2D eigenvalue weighted by atomic mass is 32.1. The average Bonchev–Trinajstić information content (AvgIpc) is 2.52. The van der Waals surface area contributed by atoms with E-state index in [4.69, 9.17) is 12.2 Å². The number of carbonyl (C=O) groups excluding carboxylic acids is 1. The van der Waals surface area contributed by atoms with Gasteiger partial charge in [0.15, 0.2) is 5.11 Å². The Bertz CT molecular complexity index is 761. The summed E-state index contributed by atoms with van der Waals surface area (Å²) in [6, 6.07) is 12.4. The van der Waals surface area contributed by atoms with E-state index in [2.05, 4.69) is 15.4 Å². The van der Waals surface area contributed by atoms with Gasteiger partial charge in [-0.1, -0.05) is 29.8 Å². The number of hydrogen-bond acceptors (Lipinski definition) is 3. The van der Waals surface area contributed by atoms with Crippen LogP contribution in [0.25, 0.3) is 0 Å². The van der Waals surface area contributed by atoms with Crippen molar-refractivity contribution in [1.82, 2.24) is 10.6 Å². The second kappa shape index (κ2) is 7.98. The van der Waals surface area contributed by atoms with Gasteiger partial charge in [0.1, 0.15) is 5.75 Å². The Morgan fingerprint density at radius 2 is 1.84 bits per heavy atom. The van der Waals surface area contributed by atoms with Gasteiger partial charge in [0, 0.05) is 12.1 Å². The molecule has 0 saturated heterocycles. The van der Waals surface area contributed by atoms with Crippen LogP contribution in [0.15, 0.2) is 48.5 Å². The van der Waals surface area contributed by atoms with Crippen LogP contribution in [0.1, 0.15) is 21.5 Å². The van der Waals surface area contributed by atoms with Gasteiger partial charge in [0.2, 0.25) is 0 Å². The fraction of sp³-hybridized carbons (Fsp3) is 0.176. The lowest BCUT2D eigenvalue weighted by atomic mass is 10.1. The minimum atomic E-state index is -4.75. The molecule has 0 atom stereocenters. The van der Waals surface area contributed by atoms with Crippen LogP contribution in [-0.4, -0.2) is 17.4 Å². The SMILES string of the molecule is Cc1ccc(C(=O)NC(=S)NCc2cccc(OC(F)(F)F)c2)cc1. The quantitative estimate of drug-likeness (QED) is 0.808. The number of carbonyl (C=O) groups is 1. The number of aryl methyl sites for hydroxylation is 1. The van der Waals surface area contributed by atoms with E-state index in [0.717, 1.165) is 5.56 Å². The summed E-state index contributed by atoms with van der Waals surface area (Å²) in [6.07, 6.45) is -4.75. The highest BCUT2D eigenvalue weighted by Crippen LogP contribution is 2.23. The predicted octanol–water partition coefficient (Wildman–Crippen LogP) is 3.70. The zero-order valence-electron chi connectivity index (χ0n) is 13.2. The van der Waals surface area contributed by atoms with Crippen LogP contribution in [0.2, 0.25) is 0 Å². The summed E-state index contributed by atoms with van der Waals surface area (Å²) in [7, 11) is 0. The molecule has 0 saturated carbocycles. The van der Waals surface area contributed by atoms with Crippen molar-refractivity contribution < 1.29 is 22.7 Å². The van der Waals surface area contributed by atoms with Crippen LogP contribution in [0.5, 0.6) is 5.75 Å². The lowest BCUT2D eigenvalue weighted by Gasteiger charge is -2.12. The number of hydrogen-bond donors (Lipinski definition) is 2. The third-order valence-electron chi connectivity index (χ3n) is 3.13. The Morgan fingerprint density at radius 3 is 2.48 bits per heavy atom. The molecule has 0 aliphatic rings. The standard InChI is InChI=1S/C17H15F3N2O2S/c1-11-5-7-13(8-6-11)15(23)22-16(25)21-10-12-3-2-4-14(9-12)24-17(18,19)20/h2-9H,10H2,1H3,(H2,21,22,23,25). The highest BCUT2D eigenvalue weighted by molar-refractivity contribution is 7.80. The molecular weight excluding hydrogens is 353 g/mol. The summed E-state index contributed by atoms with van der Waals surface area (Å²) in [5.74, 6) is -0.687. The zero-order chi connectivity index (χ0) is 18.4. The lowest BCUT2D eigenvalue weighted by molar-refractivity contribution is -0.274. The maximum atomic E-state index is 12.2. The Balaban J connectivity index is 1.88. The molecule has 0 aliphatic heterocycles. The van der Waals surface area contributed by atoms with Crippen molar-refractivity contribution in [3.8, 4) is 5.75 Å². The van der Waals surface area contributed by atoms with Gasteiger partial charge in [0.05, 0.1) is 0 Å². The molecule has 132 valence electrons. The van der Waals surface area contributed by atoms with Gasteiger partial charge in [-0.15, -0.1) is 13.2 Å². The molecule has 2 aromatic carbocycles. The summed E-state index contributed by atoms with van der Waals surface area (Å²) < 4.78 is 40.5. The third kappa shape index (κ3) is 6.42. The molecule has 2 N–H and O–H groups in total. The largest absolute Gasteiger partial charge is 0.573 e.